The summed E-state index contributed by atoms with van der Waals surface area (Å²) in [4.78, 5) is 43.6. The molecule has 0 saturated carbocycles. The fraction of sp³-hybridized carbons (Fsp3) is 0.571. The van der Waals surface area contributed by atoms with Crippen LogP contribution in [0.3, 0.4) is 0 Å². The number of carbonyl (C=O) groups excluding carboxylic acids is 3. The highest BCUT2D eigenvalue weighted by Crippen LogP contribution is 2.19. The first-order chi connectivity index (χ1) is 14.0. The van der Waals surface area contributed by atoms with Gasteiger partial charge < -0.3 is 15.0 Å². The van der Waals surface area contributed by atoms with Crippen LogP contribution in [0.2, 0.25) is 0 Å². The van der Waals surface area contributed by atoms with Crippen molar-refractivity contribution in [3.05, 3.63) is 35.9 Å². The molecule has 3 amide bonds. The first-order valence-corrected chi connectivity index (χ1v) is 10.1. The molecule has 0 bridgehead atoms. The van der Waals surface area contributed by atoms with Crippen LogP contribution in [-0.4, -0.2) is 48.5 Å². The number of esters is 1. The van der Waals surface area contributed by atoms with Gasteiger partial charge in [-0.05, 0) is 24.8 Å². The average molecular weight is 405 g/mol. The first kappa shape index (κ1) is 22.7. The van der Waals surface area contributed by atoms with Gasteiger partial charge in [0.05, 0.1) is 13.7 Å². The minimum Gasteiger partial charge on any atom is -0.467 e. The van der Waals surface area contributed by atoms with E-state index in [1.54, 1.807) is 0 Å². The molecule has 1 fully saturated rings. The standard InChI is InChI=1S/C21H31N3O5/c1-3-4-11-17(14-19(25)23-29-15-16-9-6-5-7-10-16)22-21(27)24-13-8-12-18(24)20(26)28-2/h5-7,9-10,17-18H,3-4,8,11-15H2,1-2H3,(H,22,27)(H,23,25)/t17-,18-/m0/s1. The molecule has 2 atom stereocenters. The molecule has 1 aromatic rings. The van der Waals surface area contributed by atoms with Gasteiger partial charge in [0.15, 0.2) is 0 Å². The van der Waals surface area contributed by atoms with Gasteiger partial charge in [-0.3, -0.25) is 9.63 Å². The summed E-state index contributed by atoms with van der Waals surface area (Å²) in [5.74, 6) is -0.705. The second-order valence-corrected chi connectivity index (χ2v) is 7.17. The summed E-state index contributed by atoms with van der Waals surface area (Å²) in [6.07, 6.45) is 3.95. The molecular weight excluding hydrogens is 374 g/mol. The minimum absolute atomic E-state index is 0.108. The summed E-state index contributed by atoms with van der Waals surface area (Å²) in [7, 11) is 1.32. The Hall–Kier alpha value is -2.61. The number of rotatable bonds is 10. The number of hydrogen-bond donors (Lipinski definition) is 2. The quantitative estimate of drug-likeness (QED) is 0.461. The zero-order valence-electron chi connectivity index (χ0n) is 17.2. The van der Waals surface area contributed by atoms with Gasteiger partial charge in [-0.15, -0.1) is 0 Å². The second-order valence-electron chi connectivity index (χ2n) is 7.17. The van der Waals surface area contributed by atoms with Crippen LogP contribution in [-0.2, 0) is 25.8 Å². The molecule has 1 aliphatic rings. The molecule has 2 rings (SSSR count). The minimum atomic E-state index is -0.560. The lowest BCUT2D eigenvalue weighted by molar-refractivity contribution is -0.145. The van der Waals surface area contributed by atoms with Crippen molar-refractivity contribution in [1.29, 1.82) is 0 Å². The van der Waals surface area contributed by atoms with Crippen molar-refractivity contribution in [2.24, 2.45) is 0 Å². The van der Waals surface area contributed by atoms with E-state index in [-0.39, 0.29) is 31.0 Å². The summed E-state index contributed by atoms with van der Waals surface area (Å²) >= 11 is 0. The molecular formula is C21H31N3O5. The SMILES string of the molecule is CCCC[C@@H](CC(=O)NOCc1ccccc1)NC(=O)N1CCC[C@H]1C(=O)OC. The van der Waals surface area contributed by atoms with Crippen LogP contribution in [0, 0.1) is 0 Å². The molecule has 8 heteroatoms. The second kappa shape index (κ2) is 12.1. The van der Waals surface area contributed by atoms with Crippen LogP contribution in [0.1, 0.15) is 51.0 Å². The molecule has 1 heterocycles. The molecule has 29 heavy (non-hydrogen) atoms. The van der Waals surface area contributed by atoms with Crippen LogP contribution in [0.5, 0.6) is 0 Å². The number of ether oxygens (including phenoxy) is 1. The number of benzene rings is 1. The molecule has 2 N–H and O–H groups in total. The highest BCUT2D eigenvalue weighted by Gasteiger charge is 2.35. The first-order valence-electron chi connectivity index (χ1n) is 10.1. The van der Waals surface area contributed by atoms with Crippen molar-refractivity contribution in [3.8, 4) is 0 Å². The average Bonchev–Trinajstić information content (AvgIpc) is 3.22. The Balaban J connectivity index is 1.84. The fourth-order valence-corrected chi connectivity index (χ4v) is 3.36. The number of amides is 3. The highest BCUT2D eigenvalue weighted by molar-refractivity contribution is 5.85. The Morgan fingerprint density at radius 3 is 2.69 bits per heavy atom. The lowest BCUT2D eigenvalue weighted by Gasteiger charge is -2.26. The monoisotopic (exact) mass is 405 g/mol. The Labute approximate surface area is 171 Å². The summed E-state index contributed by atoms with van der Waals surface area (Å²) in [6, 6.07) is 8.30. The van der Waals surface area contributed by atoms with Gasteiger partial charge in [0.2, 0.25) is 5.91 Å². The lowest BCUT2D eigenvalue weighted by atomic mass is 10.1. The van der Waals surface area contributed by atoms with Gasteiger partial charge in [0.1, 0.15) is 6.04 Å². The molecule has 1 aromatic carbocycles. The number of urea groups is 1. The number of unbranched alkanes of at least 4 members (excludes halogenated alkanes) is 1. The summed E-state index contributed by atoms with van der Waals surface area (Å²) < 4.78 is 4.79. The third kappa shape index (κ3) is 7.38. The van der Waals surface area contributed by atoms with Crippen LogP contribution >= 0.6 is 0 Å². The normalized spacial score (nSPS) is 16.9. The van der Waals surface area contributed by atoms with Crippen molar-refractivity contribution in [2.45, 2.75) is 64.1 Å². The molecule has 0 unspecified atom stereocenters. The predicted octanol–water partition coefficient (Wildman–Crippen LogP) is 2.53. The van der Waals surface area contributed by atoms with Crippen molar-refractivity contribution in [1.82, 2.24) is 15.7 Å². The zero-order valence-corrected chi connectivity index (χ0v) is 17.2. The molecule has 0 spiro atoms. The van der Waals surface area contributed by atoms with Crippen LogP contribution < -0.4 is 10.8 Å². The van der Waals surface area contributed by atoms with Gasteiger partial charge in [-0.1, -0.05) is 50.1 Å². The maximum Gasteiger partial charge on any atom is 0.328 e. The van der Waals surface area contributed by atoms with E-state index in [0.29, 0.717) is 19.4 Å². The van der Waals surface area contributed by atoms with E-state index < -0.39 is 12.0 Å². The fourth-order valence-electron chi connectivity index (χ4n) is 3.36. The van der Waals surface area contributed by atoms with Crippen LogP contribution in [0.4, 0.5) is 4.79 Å². The third-order valence-electron chi connectivity index (χ3n) is 4.92. The summed E-state index contributed by atoms with van der Waals surface area (Å²) in [5.41, 5.74) is 3.39. The zero-order chi connectivity index (χ0) is 21.1. The molecule has 0 aliphatic carbocycles. The topological polar surface area (TPSA) is 97.0 Å². The molecule has 0 aromatic heterocycles. The van der Waals surface area contributed by atoms with Gasteiger partial charge in [-0.25, -0.2) is 15.1 Å². The van der Waals surface area contributed by atoms with Gasteiger partial charge >= 0.3 is 12.0 Å². The van der Waals surface area contributed by atoms with E-state index in [2.05, 4.69) is 17.7 Å². The van der Waals surface area contributed by atoms with E-state index in [0.717, 1.165) is 24.8 Å². The number of methoxy groups -OCH3 is 1. The Morgan fingerprint density at radius 2 is 2.00 bits per heavy atom. The molecule has 1 saturated heterocycles. The van der Waals surface area contributed by atoms with Crippen molar-refractivity contribution >= 4 is 17.9 Å². The molecule has 8 nitrogen and oxygen atoms in total. The van der Waals surface area contributed by atoms with E-state index in [4.69, 9.17) is 9.57 Å². The van der Waals surface area contributed by atoms with Gasteiger partial charge in [-0.2, -0.15) is 0 Å². The number of likely N-dealkylation sites (tertiary alicyclic amines) is 1. The van der Waals surface area contributed by atoms with Crippen molar-refractivity contribution in [2.75, 3.05) is 13.7 Å². The van der Waals surface area contributed by atoms with E-state index in [1.165, 1.54) is 12.0 Å². The summed E-state index contributed by atoms with van der Waals surface area (Å²) in [6.45, 7) is 2.82. The third-order valence-corrected chi connectivity index (χ3v) is 4.92. The van der Waals surface area contributed by atoms with Gasteiger partial charge in [0.25, 0.3) is 0 Å². The lowest BCUT2D eigenvalue weighted by Crippen LogP contribution is -2.50. The maximum atomic E-state index is 12.7. The van der Waals surface area contributed by atoms with Crippen LogP contribution in [0.25, 0.3) is 0 Å². The van der Waals surface area contributed by atoms with E-state index in [9.17, 15) is 14.4 Å². The van der Waals surface area contributed by atoms with Crippen molar-refractivity contribution < 1.29 is 24.0 Å². The van der Waals surface area contributed by atoms with Gasteiger partial charge in [0, 0.05) is 19.0 Å². The number of nitrogens with one attached hydrogen (secondary N) is 2. The number of hydrogen-bond acceptors (Lipinski definition) is 5. The Bertz CT molecular complexity index is 668. The maximum absolute atomic E-state index is 12.7. The summed E-state index contributed by atoms with van der Waals surface area (Å²) in [5, 5.41) is 2.90. The molecule has 160 valence electrons. The van der Waals surface area contributed by atoms with Crippen molar-refractivity contribution in [3.63, 3.8) is 0 Å². The van der Waals surface area contributed by atoms with E-state index >= 15 is 0 Å². The smallest absolute Gasteiger partial charge is 0.328 e. The van der Waals surface area contributed by atoms with Crippen LogP contribution in [0.15, 0.2) is 30.3 Å². The largest absolute Gasteiger partial charge is 0.467 e. The number of carbonyl (C=O) groups is 3. The predicted molar refractivity (Wildman–Crippen MR) is 108 cm³/mol. The number of hydroxylamine groups is 1. The highest BCUT2D eigenvalue weighted by atomic mass is 16.6. The molecule has 1 aliphatic heterocycles. The Kier molecular flexibility index (Phi) is 9.43. The Morgan fingerprint density at radius 1 is 1.24 bits per heavy atom. The van der Waals surface area contributed by atoms with E-state index in [1.807, 2.05) is 30.3 Å². The number of nitrogens with zero attached hydrogens (tertiary/aromatic N) is 1. The molecule has 0 radical (unpaired) electrons.